The van der Waals surface area contributed by atoms with E-state index >= 15 is 0 Å². The molecule has 2 saturated heterocycles. The molecular weight excluding hydrogens is 807 g/mol. The Balaban J connectivity index is 0.000000162. The monoisotopic (exact) mass is 850 g/mol. The van der Waals surface area contributed by atoms with Gasteiger partial charge in [-0.2, -0.15) is 0 Å². The van der Waals surface area contributed by atoms with E-state index in [-0.39, 0.29) is 18.0 Å². The molecule has 0 radical (unpaired) electrons. The minimum Gasteiger partial charge on any atom is -0.497 e. The maximum Gasteiger partial charge on any atom is 0.135 e. The van der Waals surface area contributed by atoms with Crippen LogP contribution < -0.4 is 4.74 Å². The number of hydrogen-bond acceptors (Lipinski definition) is 9. The normalized spacial score (nSPS) is 17.6. The number of hydrogen-bond donors (Lipinski definition) is 0. The SMILES string of the molecule is CN1CCC(OC(c2cccc(I)c2)c2nc3ccccc3s2)CC1.COc1cc(F)cc(C(OC2CCN(C)CC2)c2nc3ccccc3s2)c1. The summed E-state index contributed by atoms with van der Waals surface area (Å²) in [6.45, 7) is 4.21. The van der Waals surface area contributed by atoms with Crippen LogP contribution in [0.15, 0.2) is 91.0 Å². The summed E-state index contributed by atoms with van der Waals surface area (Å²) in [5.41, 5.74) is 3.94. The molecule has 8 rings (SSSR count). The number of thiazole rings is 2. The first-order valence-electron chi connectivity index (χ1n) is 17.8. The molecule has 6 aromatic rings. The number of fused-ring (bicyclic) bond motifs is 2. The minimum atomic E-state index is -0.402. The molecule has 0 aliphatic carbocycles. The van der Waals surface area contributed by atoms with E-state index in [9.17, 15) is 4.39 Å². The fraction of sp³-hybridized carbons (Fsp3) is 0.366. The van der Waals surface area contributed by atoms with Crippen LogP contribution in [0.25, 0.3) is 20.4 Å². The Kier molecular flexibility index (Phi) is 12.5. The molecule has 4 aromatic carbocycles. The third-order valence-electron chi connectivity index (χ3n) is 9.64. The van der Waals surface area contributed by atoms with Crippen LogP contribution in [0.1, 0.15) is 59.0 Å². The van der Waals surface area contributed by atoms with E-state index in [0.717, 1.165) is 83.2 Å². The van der Waals surface area contributed by atoms with Crippen LogP contribution in [-0.2, 0) is 9.47 Å². The standard InChI is InChI=1S/C21H23FN2O2S.C20H21IN2OS/c1-24-9-7-16(8-10-24)26-20(14-11-15(22)13-17(12-14)25-2)21-23-18-5-3-4-6-19(18)27-21;1-23-11-9-16(10-12-23)24-19(14-5-4-6-15(21)13-14)20-22-17-7-2-3-8-18(17)25-20/h3-6,11-13,16,20H,7-10H2,1-2H3;2-8,13,16,19H,9-12H2,1H3. The van der Waals surface area contributed by atoms with E-state index in [1.807, 2.05) is 30.3 Å². The number of likely N-dealkylation sites (tertiary alicyclic amines) is 2. The van der Waals surface area contributed by atoms with Crippen LogP contribution >= 0.6 is 45.3 Å². The summed E-state index contributed by atoms with van der Waals surface area (Å²) in [5.74, 6) is 0.158. The molecule has 2 aliphatic heterocycles. The largest absolute Gasteiger partial charge is 0.497 e. The van der Waals surface area contributed by atoms with E-state index in [1.165, 1.54) is 26.0 Å². The number of nitrogens with zero attached hydrogens (tertiary/aromatic N) is 4. The third-order valence-corrected chi connectivity index (χ3v) is 12.5. The van der Waals surface area contributed by atoms with Gasteiger partial charge in [0.15, 0.2) is 0 Å². The van der Waals surface area contributed by atoms with Gasteiger partial charge in [0.1, 0.15) is 33.8 Å². The summed E-state index contributed by atoms with van der Waals surface area (Å²) in [6.07, 6.45) is 4.04. The van der Waals surface area contributed by atoms with E-state index in [2.05, 4.69) is 95.0 Å². The second-order valence-electron chi connectivity index (χ2n) is 13.6. The summed E-state index contributed by atoms with van der Waals surface area (Å²) in [4.78, 5) is 14.3. The summed E-state index contributed by atoms with van der Waals surface area (Å²) in [5, 5.41) is 1.91. The van der Waals surface area contributed by atoms with Crippen LogP contribution in [0.5, 0.6) is 5.75 Å². The Morgan fingerprint density at radius 1 is 0.673 bits per heavy atom. The summed E-state index contributed by atoms with van der Waals surface area (Å²) in [6, 6.07) is 29.7. The molecule has 2 unspecified atom stereocenters. The van der Waals surface area contributed by atoms with Gasteiger partial charge in [-0.15, -0.1) is 22.7 Å². The molecule has 0 amide bonds. The van der Waals surface area contributed by atoms with E-state index in [4.69, 9.17) is 24.2 Å². The number of halogens is 2. The topological polar surface area (TPSA) is 60.0 Å². The fourth-order valence-electron chi connectivity index (χ4n) is 6.71. The Bertz CT molecular complexity index is 2010. The first kappa shape index (κ1) is 37.3. The van der Waals surface area contributed by atoms with Crippen LogP contribution in [0.2, 0.25) is 0 Å². The molecule has 11 heteroatoms. The molecular formula is C41H44FIN4O3S2. The van der Waals surface area contributed by atoms with Crippen LogP contribution in [0.3, 0.4) is 0 Å². The van der Waals surface area contributed by atoms with Crippen molar-refractivity contribution in [1.29, 1.82) is 0 Å². The number of aromatic nitrogens is 2. The van der Waals surface area contributed by atoms with Crippen molar-refractivity contribution in [2.24, 2.45) is 0 Å². The Labute approximate surface area is 326 Å². The Morgan fingerprint density at radius 2 is 1.19 bits per heavy atom. The molecule has 272 valence electrons. The Morgan fingerprint density at radius 3 is 1.69 bits per heavy atom. The van der Waals surface area contributed by atoms with Crippen molar-refractivity contribution < 1.29 is 18.6 Å². The lowest BCUT2D eigenvalue weighted by Crippen LogP contribution is -2.35. The van der Waals surface area contributed by atoms with Gasteiger partial charge in [-0.05, 0) is 122 Å². The molecule has 4 heterocycles. The van der Waals surface area contributed by atoms with Crippen molar-refractivity contribution in [1.82, 2.24) is 19.8 Å². The number of benzene rings is 4. The van der Waals surface area contributed by atoms with Crippen molar-refractivity contribution in [2.75, 3.05) is 47.4 Å². The summed E-state index contributed by atoms with van der Waals surface area (Å²) >= 11 is 5.71. The summed E-state index contributed by atoms with van der Waals surface area (Å²) < 4.78 is 36.1. The molecule has 0 spiro atoms. The van der Waals surface area contributed by atoms with Gasteiger partial charge in [0.2, 0.25) is 0 Å². The smallest absolute Gasteiger partial charge is 0.135 e. The molecule has 0 N–H and O–H groups in total. The quantitative estimate of drug-likeness (QED) is 0.134. The maximum absolute atomic E-state index is 14.2. The van der Waals surface area contributed by atoms with E-state index in [1.54, 1.807) is 29.8 Å². The molecule has 0 bridgehead atoms. The van der Waals surface area contributed by atoms with Gasteiger partial charge in [-0.3, -0.25) is 0 Å². The average Bonchev–Trinajstić information content (AvgIpc) is 3.79. The van der Waals surface area contributed by atoms with E-state index in [0.29, 0.717) is 11.9 Å². The van der Waals surface area contributed by atoms with Crippen molar-refractivity contribution in [3.8, 4) is 5.75 Å². The zero-order chi connectivity index (χ0) is 36.0. The Hall–Kier alpha value is -3.04. The fourth-order valence-corrected chi connectivity index (χ4v) is 9.35. The number of para-hydroxylation sites is 2. The molecule has 2 fully saturated rings. The predicted molar refractivity (Wildman–Crippen MR) is 218 cm³/mol. The highest BCUT2D eigenvalue weighted by Crippen LogP contribution is 2.37. The number of piperidine rings is 2. The van der Waals surface area contributed by atoms with Crippen LogP contribution in [0, 0.1) is 9.39 Å². The van der Waals surface area contributed by atoms with Crippen molar-refractivity contribution in [3.63, 3.8) is 0 Å². The van der Waals surface area contributed by atoms with Gasteiger partial charge in [0.25, 0.3) is 0 Å². The zero-order valence-corrected chi connectivity index (χ0v) is 33.5. The van der Waals surface area contributed by atoms with Gasteiger partial charge in [-0.25, -0.2) is 14.4 Å². The zero-order valence-electron chi connectivity index (χ0n) is 29.7. The number of ether oxygens (including phenoxy) is 3. The molecule has 2 aromatic heterocycles. The molecule has 2 atom stereocenters. The van der Waals surface area contributed by atoms with Gasteiger partial charge in [0.05, 0.1) is 39.8 Å². The van der Waals surface area contributed by atoms with Crippen molar-refractivity contribution in [3.05, 3.63) is 122 Å². The van der Waals surface area contributed by atoms with Gasteiger partial charge < -0.3 is 24.0 Å². The lowest BCUT2D eigenvalue weighted by atomic mass is 10.1. The third kappa shape index (κ3) is 9.36. The molecule has 7 nitrogen and oxygen atoms in total. The van der Waals surface area contributed by atoms with Crippen molar-refractivity contribution in [2.45, 2.75) is 50.1 Å². The van der Waals surface area contributed by atoms with Gasteiger partial charge in [0, 0.05) is 35.8 Å². The molecule has 0 saturated carbocycles. The second-order valence-corrected chi connectivity index (χ2v) is 16.9. The van der Waals surface area contributed by atoms with E-state index < -0.39 is 6.10 Å². The highest BCUT2D eigenvalue weighted by Gasteiger charge is 2.28. The van der Waals surface area contributed by atoms with Gasteiger partial charge >= 0.3 is 0 Å². The highest BCUT2D eigenvalue weighted by molar-refractivity contribution is 14.1. The van der Waals surface area contributed by atoms with Gasteiger partial charge in [-0.1, -0.05) is 36.4 Å². The first-order chi connectivity index (χ1) is 25.3. The highest BCUT2D eigenvalue weighted by atomic mass is 127. The van der Waals surface area contributed by atoms with Crippen LogP contribution in [0.4, 0.5) is 4.39 Å². The van der Waals surface area contributed by atoms with Crippen molar-refractivity contribution >= 4 is 65.7 Å². The number of rotatable bonds is 9. The minimum absolute atomic E-state index is 0.0828. The first-order valence-corrected chi connectivity index (χ1v) is 20.5. The lowest BCUT2D eigenvalue weighted by Gasteiger charge is -2.31. The molecule has 52 heavy (non-hydrogen) atoms. The number of methoxy groups -OCH3 is 1. The lowest BCUT2D eigenvalue weighted by molar-refractivity contribution is -0.0236. The average molecular weight is 851 g/mol. The maximum atomic E-state index is 14.2. The second kappa shape index (κ2) is 17.4. The summed E-state index contributed by atoms with van der Waals surface area (Å²) in [7, 11) is 5.85. The van der Waals surface area contributed by atoms with Crippen LogP contribution in [-0.4, -0.2) is 79.4 Å². The molecule has 2 aliphatic rings. The predicted octanol–water partition coefficient (Wildman–Crippen LogP) is 9.75.